The second-order valence-electron chi connectivity index (χ2n) is 4.02. The van der Waals surface area contributed by atoms with E-state index < -0.39 is 8.32 Å². The Morgan fingerprint density at radius 3 is 2.09 bits per heavy atom. The second kappa shape index (κ2) is 5.78. The van der Waals surface area contributed by atoms with Gasteiger partial charge in [-0.15, -0.1) is 0 Å². The van der Waals surface area contributed by atoms with Crippen molar-refractivity contribution < 1.29 is 4.43 Å². The molecule has 1 nitrogen and oxygen atoms in total. The number of rotatable bonds is 6. The van der Waals surface area contributed by atoms with Crippen LogP contribution in [0.3, 0.4) is 0 Å². The van der Waals surface area contributed by atoms with Crippen molar-refractivity contribution in [3.63, 3.8) is 0 Å². The molecule has 0 unspecified atom stereocenters. The topological polar surface area (TPSA) is 9.23 Å². The van der Waals surface area contributed by atoms with Gasteiger partial charge in [-0.3, -0.25) is 0 Å². The summed E-state index contributed by atoms with van der Waals surface area (Å²) in [6.45, 7) is 9.95. The van der Waals surface area contributed by atoms with Crippen LogP contribution in [0.1, 0.15) is 32.6 Å². The fourth-order valence-electron chi connectivity index (χ4n) is 0.907. The van der Waals surface area contributed by atoms with Gasteiger partial charge in [0.25, 0.3) is 0 Å². The first kappa shape index (κ1) is 11.2. The standard InChI is InChI=1S/C9H22OSi/c1-5-6-7-8-9-10-11(2,3)4/h5-9H2,1-4H3. The van der Waals surface area contributed by atoms with Crippen molar-refractivity contribution in [1.82, 2.24) is 0 Å². The van der Waals surface area contributed by atoms with E-state index in [2.05, 4.69) is 26.6 Å². The largest absolute Gasteiger partial charge is 0.418 e. The van der Waals surface area contributed by atoms with E-state index in [-0.39, 0.29) is 0 Å². The molecule has 0 aromatic rings. The molecular formula is C9H22OSi. The van der Waals surface area contributed by atoms with Gasteiger partial charge in [-0.05, 0) is 26.1 Å². The lowest BCUT2D eigenvalue weighted by atomic mass is 10.2. The third-order valence-electron chi connectivity index (χ3n) is 1.53. The number of hydrogen-bond acceptors (Lipinski definition) is 1. The van der Waals surface area contributed by atoms with Crippen molar-refractivity contribution in [2.24, 2.45) is 0 Å². The van der Waals surface area contributed by atoms with Crippen molar-refractivity contribution in [2.75, 3.05) is 6.61 Å². The predicted octanol–water partition coefficient (Wildman–Crippen LogP) is 3.42. The molecular weight excluding hydrogens is 152 g/mol. The van der Waals surface area contributed by atoms with Crippen molar-refractivity contribution in [3.8, 4) is 0 Å². The van der Waals surface area contributed by atoms with E-state index in [0.29, 0.717) is 0 Å². The van der Waals surface area contributed by atoms with Gasteiger partial charge in [0.05, 0.1) is 0 Å². The van der Waals surface area contributed by atoms with Gasteiger partial charge < -0.3 is 4.43 Å². The second-order valence-corrected chi connectivity index (χ2v) is 8.53. The van der Waals surface area contributed by atoms with Crippen molar-refractivity contribution >= 4 is 8.32 Å². The molecule has 0 aliphatic rings. The molecule has 0 saturated heterocycles. The van der Waals surface area contributed by atoms with Crippen molar-refractivity contribution in [2.45, 2.75) is 52.2 Å². The van der Waals surface area contributed by atoms with Gasteiger partial charge >= 0.3 is 0 Å². The van der Waals surface area contributed by atoms with E-state index in [0.717, 1.165) is 6.61 Å². The first-order valence-electron chi connectivity index (χ1n) is 4.70. The van der Waals surface area contributed by atoms with E-state index in [9.17, 15) is 0 Å². The maximum Gasteiger partial charge on any atom is 0.183 e. The molecule has 0 heterocycles. The molecule has 0 aromatic carbocycles. The summed E-state index contributed by atoms with van der Waals surface area (Å²) < 4.78 is 5.71. The lowest BCUT2D eigenvalue weighted by Crippen LogP contribution is -2.25. The summed E-state index contributed by atoms with van der Waals surface area (Å²) in [5.41, 5.74) is 0. The first-order valence-corrected chi connectivity index (χ1v) is 8.11. The molecule has 0 saturated carbocycles. The molecule has 0 aliphatic carbocycles. The van der Waals surface area contributed by atoms with Crippen molar-refractivity contribution in [3.05, 3.63) is 0 Å². The maximum absolute atomic E-state index is 5.71. The highest BCUT2D eigenvalue weighted by Gasteiger charge is 2.12. The predicted molar refractivity (Wildman–Crippen MR) is 53.4 cm³/mol. The normalized spacial score (nSPS) is 12.0. The summed E-state index contributed by atoms with van der Waals surface area (Å²) in [6, 6.07) is 0. The highest BCUT2D eigenvalue weighted by Crippen LogP contribution is 2.05. The molecule has 0 N–H and O–H groups in total. The molecule has 0 rings (SSSR count). The smallest absolute Gasteiger partial charge is 0.183 e. The average Bonchev–Trinajstić information content (AvgIpc) is 1.85. The summed E-state index contributed by atoms with van der Waals surface area (Å²) in [6.07, 6.45) is 5.25. The fourth-order valence-corrected chi connectivity index (χ4v) is 1.66. The van der Waals surface area contributed by atoms with Gasteiger partial charge in [-0.2, -0.15) is 0 Å². The van der Waals surface area contributed by atoms with Crippen LogP contribution >= 0.6 is 0 Å². The Bertz CT molecular complexity index is 86.1. The summed E-state index contributed by atoms with van der Waals surface area (Å²) in [4.78, 5) is 0. The fraction of sp³-hybridized carbons (Fsp3) is 1.00. The first-order chi connectivity index (χ1) is 5.06. The van der Waals surface area contributed by atoms with Crippen LogP contribution in [-0.4, -0.2) is 14.9 Å². The van der Waals surface area contributed by atoms with Gasteiger partial charge in [-0.25, -0.2) is 0 Å². The molecule has 0 aliphatic heterocycles. The van der Waals surface area contributed by atoms with Crippen LogP contribution in [0.25, 0.3) is 0 Å². The monoisotopic (exact) mass is 174 g/mol. The Morgan fingerprint density at radius 1 is 1.00 bits per heavy atom. The molecule has 0 fully saturated rings. The molecule has 0 spiro atoms. The van der Waals surface area contributed by atoms with Crippen LogP contribution in [-0.2, 0) is 4.43 Å². The average molecular weight is 174 g/mol. The van der Waals surface area contributed by atoms with Gasteiger partial charge in [0.1, 0.15) is 0 Å². The summed E-state index contributed by atoms with van der Waals surface area (Å²) in [5, 5.41) is 0. The quantitative estimate of drug-likeness (QED) is 0.443. The molecule has 0 atom stereocenters. The number of unbranched alkanes of at least 4 members (excludes halogenated alkanes) is 3. The van der Waals surface area contributed by atoms with E-state index in [4.69, 9.17) is 4.43 Å². The highest BCUT2D eigenvalue weighted by molar-refractivity contribution is 6.69. The minimum Gasteiger partial charge on any atom is -0.418 e. The summed E-state index contributed by atoms with van der Waals surface area (Å²) >= 11 is 0. The summed E-state index contributed by atoms with van der Waals surface area (Å²) in [7, 11) is -1.22. The van der Waals surface area contributed by atoms with E-state index in [1.165, 1.54) is 25.7 Å². The van der Waals surface area contributed by atoms with Gasteiger partial charge in [0.2, 0.25) is 0 Å². The molecule has 0 bridgehead atoms. The van der Waals surface area contributed by atoms with E-state index >= 15 is 0 Å². The third-order valence-corrected chi connectivity index (χ3v) is 2.60. The molecule has 11 heavy (non-hydrogen) atoms. The van der Waals surface area contributed by atoms with Crippen LogP contribution in [0, 0.1) is 0 Å². The maximum atomic E-state index is 5.71. The lowest BCUT2D eigenvalue weighted by Gasteiger charge is -2.16. The zero-order valence-corrected chi connectivity index (χ0v) is 9.44. The summed E-state index contributed by atoms with van der Waals surface area (Å²) in [5.74, 6) is 0. The van der Waals surface area contributed by atoms with Crippen LogP contribution in [0.4, 0.5) is 0 Å². The van der Waals surface area contributed by atoms with Crippen molar-refractivity contribution in [1.29, 1.82) is 0 Å². The van der Waals surface area contributed by atoms with E-state index in [1.807, 2.05) is 0 Å². The Kier molecular flexibility index (Phi) is 5.87. The van der Waals surface area contributed by atoms with Gasteiger partial charge in [-0.1, -0.05) is 26.2 Å². The molecule has 0 aromatic heterocycles. The van der Waals surface area contributed by atoms with Crippen LogP contribution in [0.15, 0.2) is 0 Å². The molecule has 2 heteroatoms. The molecule has 0 amide bonds. The minimum atomic E-state index is -1.22. The Morgan fingerprint density at radius 2 is 1.64 bits per heavy atom. The van der Waals surface area contributed by atoms with E-state index in [1.54, 1.807) is 0 Å². The van der Waals surface area contributed by atoms with Crippen LogP contribution in [0.2, 0.25) is 19.6 Å². The van der Waals surface area contributed by atoms with Gasteiger partial charge in [0.15, 0.2) is 8.32 Å². The minimum absolute atomic E-state index is 0.982. The highest BCUT2D eigenvalue weighted by atomic mass is 28.4. The Hall–Kier alpha value is 0.177. The zero-order valence-electron chi connectivity index (χ0n) is 8.44. The molecule has 0 radical (unpaired) electrons. The van der Waals surface area contributed by atoms with Crippen LogP contribution in [0.5, 0.6) is 0 Å². The molecule has 68 valence electrons. The number of hydrogen-bond donors (Lipinski definition) is 0. The lowest BCUT2D eigenvalue weighted by molar-refractivity contribution is 0.299. The SMILES string of the molecule is CCCCCCO[Si](C)(C)C. The zero-order chi connectivity index (χ0) is 8.74. The third kappa shape index (κ3) is 10.2. The van der Waals surface area contributed by atoms with Crippen LogP contribution < -0.4 is 0 Å². The van der Waals surface area contributed by atoms with Gasteiger partial charge in [0, 0.05) is 6.61 Å². The Balaban J connectivity index is 3.02. The Labute approximate surface area is 72.3 Å².